The Hall–Kier alpha value is -0.440. The molecule has 16 heavy (non-hydrogen) atoms. The molecule has 2 nitrogen and oxygen atoms in total. The molecule has 0 spiro atoms. The van der Waals surface area contributed by atoms with Gasteiger partial charge in [0.1, 0.15) is 0 Å². The number of hydrogen-bond acceptors (Lipinski definition) is 2. The van der Waals surface area contributed by atoms with Crippen LogP contribution in [0.15, 0.2) is 18.2 Å². The Labute approximate surface area is 108 Å². The molecular formula is C12H18Cl2N2. The molecule has 0 unspecified atom stereocenters. The number of halogens is 2. The van der Waals surface area contributed by atoms with Crippen LogP contribution in [-0.2, 0) is 0 Å². The lowest BCUT2D eigenvalue weighted by Crippen LogP contribution is -2.49. The third kappa shape index (κ3) is 2.82. The van der Waals surface area contributed by atoms with Gasteiger partial charge in [-0.15, -0.1) is 12.4 Å². The van der Waals surface area contributed by atoms with Gasteiger partial charge in [0.05, 0.1) is 0 Å². The largest absolute Gasteiger partial charge is 0.366 e. The maximum atomic E-state index is 6.14. The number of piperazine rings is 1. The Kier molecular flexibility index (Phi) is 4.90. The Balaban J connectivity index is 0.00000128. The van der Waals surface area contributed by atoms with Crippen molar-refractivity contribution < 1.29 is 0 Å². The lowest BCUT2D eigenvalue weighted by atomic mass is 10.1. The van der Waals surface area contributed by atoms with Crippen LogP contribution in [0.4, 0.5) is 5.69 Å². The third-order valence-corrected chi connectivity index (χ3v) is 3.40. The molecule has 0 aromatic heterocycles. The van der Waals surface area contributed by atoms with Crippen molar-refractivity contribution in [3.05, 3.63) is 28.8 Å². The van der Waals surface area contributed by atoms with Crippen LogP contribution < -0.4 is 10.2 Å². The van der Waals surface area contributed by atoms with Crippen molar-refractivity contribution in [3.8, 4) is 0 Å². The maximum absolute atomic E-state index is 6.14. The summed E-state index contributed by atoms with van der Waals surface area (Å²) in [5.74, 6) is 0. The van der Waals surface area contributed by atoms with Crippen LogP contribution in [0.5, 0.6) is 0 Å². The lowest BCUT2D eigenvalue weighted by molar-refractivity contribution is 0.501. The SMILES string of the molecule is Cc1ccc(N2CCNC[C@H]2C)cc1Cl.Cl. The molecule has 0 saturated carbocycles. The molecule has 1 aliphatic heterocycles. The molecule has 1 fully saturated rings. The highest BCUT2D eigenvalue weighted by Crippen LogP contribution is 2.24. The van der Waals surface area contributed by atoms with Crippen molar-refractivity contribution in [1.82, 2.24) is 5.32 Å². The highest BCUT2D eigenvalue weighted by molar-refractivity contribution is 6.31. The van der Waals surface area contributed by atoms with E-state index in [2.05, 4.69) is 35.3 Å². The molecule has 0 aliphatic carbocycles. The molecule has 90 valence electrons. The summed E-state index contributed by atoms with van der Waals surface area (Å²) in [5.41, 5.74) is 2.38. The number of anilines is 1. The minimum absolute atomic E-state index is 0. The maximum Gasteiger partial charge on any atom is 0.0455 e. The van der Waals surface area contributed by atoms with Gasteiger partial charge in [0.25, 0.3) is 0 Å². The highest BCUT2D eigenvalue weighted by atomic mass is 35.5. The molecule has 0 radical (unpaired) electrons. The Bertz CT molecular complexity index is 355. The molecule has 1 aliphatic rings. The molecular weight excluding hydrogens is 243 g/mol. The zero-order chi connectivity index (χ0) is 10.8. The molecule has 1 heterocycles. The number of aryl methyl sites for hydroxylation is 1. The van der Waals surface area contributed by atoms with Crippen molar-refractivity contribution in [1.29, 1.82) is 0 Å². The van der Waals surface area contributed by atoms with Crippen molar-refractivity contribution in [2.24, 2.45) is 0 Å². The summed E-state index contributed by atoms with van der Waals surface area (Å²) in [7, 11) is 0. The number of rotatable bonds is 1. The molecule has 1 N–H and O–H groups in total. The molecule has 2 rings (SSSR count). The lowest BCUT2D eigenvalue weighted by Gasteiger charge is -2.36. The number of nitrogens with one attached hydrogen (secondary N) is 1. The number of benzene rings is 1. The van der Waals surface area contributed by atoms with Gasteiger partial charge >= 0.3 is 0 Å². The predicted octanol–water partition coefficient (Wildman–Crippen LogP) is 2.87. The molecule has 4 heteroatoms. The first-order valence-electron chi connectivity index (χ1n) is 5.42. The van der Waals surface area contributed by atoms with E-state index in [1.54, 1.807) is 0 Å². The van der Waals surface area contributed by atoms with E-state index in [1.165, 1.54) is 5.69 Å². The van der Waals surface area contributed by atoms with Gasteiger partial charge in [0.2, 0.25) is 0 Å². The first kappa shape index (κ1) is 13.6. The second-order valence-corrected chi connectivity index (χ2v) is 4.59. The summed E-state index contributed by atoms with van der Waals surface area (Å²) < 4.78 is 0. The summed E-state index contributed by atoms with van der Waals surface area (Å²) in [6.45, 7) is 7.43. The summed E-state index contributed by atoms with van der Waals surface area (Å²) in [5, 5.41) is 4.25. The smallest absolute Gasteiger partial charge is 0.0455 e. The number of hydrogen-bond donors (Lipinski definition) is 1. The van der Waals surface area contributed by atoms with Crippen LogP contribution in [0.2, 0.25) is 5.02 Å². The van der Waals surface area contributed by atoms with Gasteiger partial charge in [-0.05, 0) is 31.5 Å². The molecule has 0 bridgehead atoms. The molecule has 1 aromatic rings. The predicted molar refractivity (Wildman–Crippen MR) is 73.1 cm³/mol. The summed E-state index contributed by atoms with van der Waals surface area (Å²) >= 11 is 6.14. The summed E-state index contributed by atoms with van der Waals surface area (Å²) in [6.07, 6.45) is 0. The molecule has 0 amide bonds. The van der Waals surface area contributed by atoms with E-state index in [0.717, 1.165) is 30.2 Å². The fourth-order valence-electron chi connectivity index (χ4n) is 1.99. The van der Waals surface area contributed by atoms with Gasteiger partial charge in [-0.1, -0.05) is 17.7 Å². The normalized spacial score (nSPS) is 20.4. The van der Waals surface area contributed by atoms with E-state index >= 15 is 0 Å². The average Bonchev–Trinajstić information content (AvgIpc) is 2.23. The second kappa shape index (κ2) is 5.76. The minimum atomic E-state index is 0. The van der Waals surface area contributed by atoms with Crippen molar-refractivity contribution in [3.63, 3.8) is 0 Å². The second-order valence-electron chi connectivity index (χ2n) is 4.18. The fourth-order valence-corrected chi connectivity index (χ4v) is 2.16. The Morgan fingerprint density at radius 1 is 1.44 bits per heavy atom. The minimum Gasteiger partial charge on any atom is -0.366 e. The first-order valence-corrected chi connectivity index (χ1v) is 5.80. The van der Waals surface area contributed by atoms with E-state index in [1.807, 2.05) is 6.92 Å². The van der Waals surface area contributed by atoms with Crippen LogP contribution in [-0.4, -0.2) is 25.7 Å². The van der Waals surface area contributed by atoms with E-state index < -0.39 is 0 Å². The average molecular weight is 261 g/mol. The monoisotopic (exact) mass is 260 g/mol. The highest BCUT2D eigenvalue weighted by Gasteiger charge is 2.18. The molecule has 1 atom stereocenters. The van der Waals surface area contributed by atoms with Crippen LogP contribution in [0.3, 0.4) is 0 Å². The van der Waals surface area contributed by atoms with Crippen LogP contribution in [0.1, 0.15) is 12.5 Å². The topological polar surface area (TPSA) is 15.3 Å². The van der Waals surface area contributed by atoms with Crippen LogP contribution in [0.25, 0.3) is 0 Å². The zero-order valence-corrected chi connectivity index (χ0v) is 11.2. The Morgan fingerprint density at radius 2 is 2.19 bits per heavy atom. The van der Waals surface area contributed by atoms with Crippen LogP contribution in [0, 0.1) is 6.92 Å². The van der Waals surface area contributed by atoms with E-state index in [9.17, 15) is 0 Å². The van der Waals surface area contributed by atoms with Crippen molar-refractivity contribution >= 4 is 29.7 Å². The standard InChI is InChI=1S/C12H17ClN2.ClH/c1-9-3-4-11(7-12(9)13)15-6-5-14-8-10(15)2;/h3-4,7,10,14H,5-6,8H2,1-2H3;1H/t10-;/m1./s1. The quantitative estimate of drug-likeness (QED) is 0.836. The van der Waals surface area contributed by atoms with Gasteiger partial charge in [0, 0.05) is 36.4 Å². The third-order valence-electron chi connectivity index (χ3n) is 2.99. The fraction of sp³-hybridized carbons (Fsp3) is 0.500. The van der Waals surface area contributed by atoms with Gasteiger partial charge < -0.3 is 10.2 Å². The molecule has 1 saturated heterocycles. The van der Waals surface area contributed by atoms with Gasteiger partial charge in [-0.2, -0.15) is 0 Å². The van der Waals surface area contributed by atoms with Crippen molar-refractivity contribution in [2.75, 3.05) is 24.5 Å². The summed E-state index contributed by atoms with van der Waals surface area (Å²) in [6, 6.07) is 6.85. The molecule has 1 aromatic carbocycles. The van der Waals surface area contributed by atoms with Crippen molar-refractivity contribution in [2.45, 2.75) is 19.9 Å². The van der Waals surface area contributed by atoms with Gasteiger partial charge in [-0.3, -0.25) is 0 Å². The zero-order valence-electron chi connectivity index (χ0n) is 9.66. The number of nitrogens with zero attached hydrogens (tertiary/aromatic N) is 1. The van der Waals surface area contributed by atoms with E-state index in [-0.39, 0.29) is 12.4 Å². The van der Waals surface area contributed by atoms with Gasteiger partial charge in [0.15, 0.2) is 0 Å². The Morgan fingerprint density at radius 3 is 2.81 bits per heavy atom. The summed E-state index contributed by atoms with van der Waals surface area (Å²) in [4.78, 5) is 2.40. The van der Waals surface area contributed by atoms with Crippen LogP contribution >= 0.6 is 24.0 Å². The first-order chi connectivity index (χ1) is 7.18. The van der Waals surface area contributed by atoms with E-state index in [0.29, 0.717) is 6.04 Å². The van der Waals surface area contributed by atoms with E-state index in [4.69, 9.17) is 11.6 Å². The van der Waals surface area contributed by atoms with Gasteiger partial charge in [-0.25, -0.2) is 0 Å².